The fraction of sp³-hybridized carbons (Fsp3) is 0.538. The minimum Gasteiger partial charge on any atom is -0.337 e. The average Bonchev–Trinajstić information content (AvgIpc) is 2.89. The highest BCUT2D eigenvalue weighted by Crippen LogP contribution is 2.28. The molecule has 1 amide bonds. The Kier molecular flexibility index (Phi) is 3.99. The first-order chi connectivity index (χ1) is 9.30. The maximum Gasteiger partial charge on any atom is 0.433 e. The molecule has 1 atom stereocenters. The molecule has 110 valence electrons. The summed E-state index contributed by atoms with van der Waals surface area (Å²) in [6, 6.07) is 2.12. The van der Waals surface area contributed by atoms with E-state index in [4.69, 9.17) is 0 Å². The fourth-order valence-corrected chi connectivity index (χ4v) is 2.27. The van der Waals surface area contributed by atoms with Crippen LogP contribution >= 0.6 is 0 Å². The number of nitrogens with one attached hydrogen (secondary N) is 1. The summed E-state index contributed by atoms with van der Waals surface area (Å²) in [4.78, 5) is 17.3. The minimum atomic E-state index is -4.49. The van der Waals surface area contributed by atoms with E-state index in [2.05, 4.69) is 10.3 Å². The number of hydrogen-bond acceptors (Lipinski definition) is 3. The molecule has 0 spiro atoms. The van der Waals surface area contributed by atoms with Crippen molar-refractivity contribution in [1.82, 2.24) is 15.2 Å². The van der Waals surface area contributed by atoms with Gasteiger partial charge in [0.05, 0.1) is 11.3 Å². The minimum absolute atomic E-state index is 0.0733. The maximum absolute atomic E-state index is 12.5. The van der Waals surface area contributed by atoms with E-state index in [-0.39, 0.29) is 23.2 Å². The van der Waals surface area contributed by atoms with Crippen molar-refractivity contribution in [3.05, 3.63) is 29.1 Å². The summed E-state index contributed by atoms with van der Waals surface area (Å²) >= 11 is 0. The lowest BCUT2D eigenvalue weighted by Gasteiger charge is -2.24. The molecule has 0 bridgehead atoms. The largest absolute Gasteiger partial charge is 0.433 e. The van der Waals surface area contributed by atoms with Gasteiger partial charge in [-0.1, -0.05) is 0 Å². The van der Waals surface area contributed by atoms with Crippen molar-refractivity contribution in [1.29, 1.82) is 0 Å². The highest BCUT2D eigenvalue weighted by Gasteiger charge is 2.33. The van der Waals surface area contributed by atoms with Crippen LogP contribution in [0, 0.1) is 6.92 Å². The van der Waals surface area contributed by atoms with Crippen LogP contribution in [0.2, 0.25) is 0 Å². The van der Waals surface area contributed by atoms with Gasteiger partial charge in [0.25, 0.3) is 5.91 Å². The summed E-state index contributed by atoms with van der Waals surface area (Å²) in [6.07, 6.45) is -3.65. The van der Waals surface area contributed by atoms with E-state index in [1.54, 1.807) is 11.9 Å². The molecule has 7 heteroatoms. The summed E-state index contributed by atoms with van der Waals surface area (Å²) in [6.45, 7) is 2.96. The number of carbonyl (C=O) groups excluding carboxylic acids is 1. The predicted molar refractivity (Wildman–Crippen MR) is 67.3 cm³/mol. The molecule has 1 saturated heterocycles. The smallest absolute Gasteiger partial charge is 0.337 e. The van der Waals surface area contributed by atoms with E-state index in [1.807, 2.05) is 0 Å². The van der Waals surface area contributed by atoms with E-state index in [0.29, 0.717) is 6.54 Å². The van der Waals surface area contributed by atoms with Crippen LogP contribution in [0.15, 0.2) is 12.1 Å². The number of pyridine rings is 1. The highest BCUT2D eigenvalue weighted by molar-refractivity contribution is 5.95. The second-order valence-electron chi connectivity index (χ2n) is 4.89. The SMILES string of the molecule is Cc1nc(C(F)(F)F)ccc1C(=O)N(C)C1CCNC1. The van der Waals surface area contributed by atoms with Gasteiger partial charge < -0.3 is 10.2 Å². The molecule has 1 fully saturated rings. The van der Waals surface area contributed by atoms with E-state index in [1.165, 1.54) is 13.0 Å². The Labute approximate surface area is 115 Å². The zero-order valence-electron chi connectivity index (χ0n) is 11.3. The molecule has 4 nitrogen and oxygen atoms in total. The molecular formula is C13H16F3N3O. The van der Waals surface area contributed by atoms with Crippen LogP contribution in [0.3, 0.4) is 0 Å². The molecule has 1 unspecified atom stereocenters. The van der Waals surface area contributed by atoms with Crippen LogP contribution < -0.4 is 5.32 Å². The van der Waals surface area contributed by atoms with Gasteiger partial charge in [-0.25, -0.2) is 4.98 Å². The lowest BCUT2D eigenvalue weighted by Crippen LogP contribution is -2.38. The second-order valence-corrected chi connectivity index (χ2v) is 4.89. The van der Waals surface area contributed by atoms with Gasteiger partial charge in [-0.2, -0.15) is 13.2 Å². The Bertz CT molecular complexity index is 510. The number of rotatable bonds is 2. The molecule has 0 aromatic carbocycles. The first-order valence-electron chi connectivity index (χ1n) is 6.33. The van der Waals surface area contributed by atoms with E-state index in [0.717, 1.165) is 19.0 Å². The number of aryl methyl sites for hydroxylation is 1. The van der Waals surface area contributed by atoms with Gasteiger partial charge in [0.15, 0.2) is 0 Å². The Morgan fingerprint density at radius 1 is 1.45 bits per heavy atom. The Morgan fingerprint density at radius 2 is 2.15 bits per heavy atom. The molecule has 2 heterocycles. The number of amides is 1. The standard InChI is InChI=1S/C13H16F3N3O/c1-8-10(3-4-11(18-8)13(14,15)16)12(20)19(2)9-5-6-17-7-9/h3-4,9,17H,5-7H2,1-2H3. The summed E-state index contributed by atoms with van der Waals surface area (Å²) in [7, 11) is 1.66. The van der Waals surface area contributed by atoms with E-state index < -0.39 is 11.9 Å². The number of hydrogen-bond donors (Lipinski definition) is 1. The topological polar surface area (TPSA) is 45.2 Å². The number of nitrogens with zero attached hydrogens (tertiary/aromatic N) is 2. The molecule has 1 aliphatic heterocycles. The first kappa shape index (κ1) is 14.8. The van der Waals surface area contributed by atoms with Crippen molar-refractivity contribution >= 4 is 5.91 Å². The van der Waals surface area contributed by atoms with Crippen molar-refractivity contribution in [3.63, 3.8) is 0 Å². The lowest BCUT2D eigenvalue weighted by atomic mass is 10.1. The monoisotopic (exact) mass is 287 g/mol. The molecule has 0 aliphatic carbocycles. The Morgan fingerprint density at radius 3 is 2.65 bits per heavy atom. The fourth-order valence-electron chi connectivity index (χ4n) is 2.27. The maximum atomic E-state index is 12.5. The summed E-state index contributed by atoms with van der Waals surface area (Å²) in [5.74, 6) is -0.294. The molecule has 0 saturated carbocycles. The number of carbonyl (C=O) groups is 1. The van der Waals surface area contributed by atoms with Crippen LogP contribution in [0.25, 0.3) is 0 Å². The Balaban J connectivity index is 2.22. The molecular weight excluding hydrogens is 271 g/mol. The molecule has 1 aromatic heterocycles. The Hall–Kier alpha value is -1.63. The van der Waals surface area contributed by atoms with Gasteiger partial charge in [-0.15, -0.1) is 0 Å². The number of halogens is 3. The number of likely N-dealkylation sites (N-methyl/N-ethyl adjacent to an activating group) is 1. The van der Waals surface area contributed by atoms with Crippen LogP contribution in [0.1, 0.15) is 28.2 Å². The van der Waals surface area contributed by atoms with Gasteiger partial charge in [0, 0.05) is 19.6 Å². The van der Waals surface area contributed by atoms with Crippen molar-refractivity contribution < 1.29 is 18.0 Å². The van der Waals surface area contributed by atoms with Crippen LogP contribution in [-0.2, 0) is 6.18 Å². The summed E-state index contributed by atoms with van der Waals surface area (Å²) in [5, 5.41) is 3.14. The van der Waals surface area contributed by atoms with Gasteiger partial charge in [0.1, 0.15) is 5.69 Å². The second kappa shape index (κ2) is 5.40. The molecule has 1 N–H and O–H groups in total. The average molecular weight is 287 g/mol. The van der Waals surface area contributed by atoms with Gasteiger partial charge >= 0.3 is 6.18 Å². The third-order valence-electron chi connectivity index (χ3n) is 3.51. The first-order valence-corrected chi connectivity index (χ1v) is 6.33. The van der Waals surface area contributed by atoms with Crippen LogP contribution in [0.4, 0.5) is 13.2 Å². The normalized spacial score (nSPS) is 19.1. The molecule has 20 heavy (non-hydrogen) atoms. The van der Waals surface area contributed by atoms with Crippen molar-refractivity contribution in [2.45, 2.75) is 25.6 Å². The van der Waals surface area contributed by atoms with Crippen molar-refractivity contribution in [3.8, 4) is 0 Å². The molecule has 2 rings (SSSR count). The van der Waals surface area contributed by atoms with Gasteiger partial charge in [0.2, 0.25) is 0 Å². The highest BCUT2D eigenvalue weighted by atomic mass is 19.4. The summed E-state index contributed by atoms with van der Waals surface area (Å²) < 4.78 is 37.6. The van der Waals surface area contributed by atoms with Crippen molar-refractivity contribution in [2.24, 2.45) is 0 Å². The number of alkyl halides is 3. The van der Waals surface area contributed by atoms with E-state index >= 15 is 0 Å². The zero-order valence-corrected chi connectivity index (χ0v) is 11.3. The molecule has 0 radical (unpaired) electrons. The molecule has 1 aromatic rings. The quantitative estimate of drug-likeness (QED) is 0.903. The van der Waals surface area contributed by atoms with E-state index in [9.17, 15) is 18.0 Å². The lowest BCUT2D eigenvalue weighted by molar-refractivity contribution is -0.141. The molecule has 1 aliphatic rings. The van der Waals surface area contributed by atoms with Gasteiger partial charge in [-0.3, -0.25) is 4.79 Å². The predicted octanol–water partition coefficient (Wildman–Crippen LogP) is 1.84. The van der Waals surface area contributed by atoms with Crippen molar-refractivity contribution in [2.75, 3.05) is 20.1 Å². The third-order valence-corrected chi connectivity index (χ3v) is 3.51. The van der Waals surface area contributed by atoms with Crippen LogP contribution in [0.5, 0.6) is 0 Å². The summed E-state index contributed by atoms with van der Waals surface area (Å²) in [5.41, 5.74) is -0.660. The third kappa shape index (κ3) is 2.92. The number of aromatic nitrogens is 1. The van der Waals surface area contributed by atoms with Gasteiger partial charge in [-0.05, 0) is 32.0 Å². The zero-order chi connectivity index (χ0) is 14.9. The van der Waals surface area contributed by atoms with Crippen LogP contribution in [-0.4, -0.2) is 42.0 Å².